The highest BCUT2D eigenvalue weighted by Crippen LogP contribution is 2.37. The lowest BCUT2D eigenvalue weighted by molar-refractivity contribution is 0.477. The maximum atomic E-state index is 10.8. The van der Waals surface area contributed by atoms with Crippen molar-refractivity contribution in [1.82, 2.24) is 14.5 Å². The Hall–Kier alpha value is -5.48. The first-order valence-corrected chi connectivity index (χ1v) is 13.7. The molecule has 4 heteroatoms. The van der Waals surface area contributed by atoms with Gasteiger partial charge in [-0.15, -0.1) is 0 Å². The van der Waals surface area contributed by atoms with Crippen molar-refractivity contribution >= 4 is 11.0 Å². The van der Waals surface area contributed by atoms with Crippen LogP contribution in [0.5, 0.6) is 5.75 Å². The number of hydrogen-bond acceptors (Lipinski definition) is 3. The van der Waals surface area contributed by atoms with E-state index in [4.69, 9.17) is 9.97 Å². The summed E-state index contributed by atoms with van der Waals surface area (Å²) in [5.74, 6) is 0.896. The highest BCUT2D eigenvalue weighted by atomic mass is 16.3. The number of nitrogens with zero attached hydrogens (tertiary/aromatic N) is 3. The molecule has 0 spiro atoms. The summed E-state index contributed by atoms with van der Waals surface area (Å²) in [6, 6.07) is 47.0. The zero-order chi connectivity index (χ0) is 27.6. The second-order valence-corrected chi connectivity index (χ2v) is 10.1. The molecule has 0 amide bonds. The first kappa shape index (κ1) is 24.6. The quantitative estimate of drug-likeness (QED) is 0.234. The number of aromatic nitrogens is 3. The Kier molecular flexibility index (Phi) is 6.34. The molecule has 7 rings (SSSR count). The minimum Gasteiger partial charge on any atom is -0.507 e. The van der Waals surface area contributed by atoms with Crippen molar-refractivity contribution in [2.45, 2.75) is 6.42 Å². The first-order valence-electron chi connectivity index (χ1n) is 13.7. The summed E-state index contributed by atoms with van der Waals surface area (Å²) < 4.78 is 2.12. The van der Waals surface area contributed by atoms with Crippen molar-refractivity contribution in [2.24, 2.45) is 0 Å². The lowest BCUT2D eigenvalue weighted by Gasteiger charge is -2.11. The van der Waals surface area contributed by atoms with E-state index in [1.54, 1.807) is 6.07 Å². The van der Waals surface area contributed by atoms with Gasteiger partial charge in [0.05, 0.1) is 22.3 Å². The van der Waals surface area contributed by atoms with Crippen LogP contribution in [0.2, 0.25) is 0 Å². The molecule has 0 fully saturated rings. The Labute approximate surface area is 238 Å². The molecule has 0 saturated carbocycles. The van der Waals surface area contributed by atoms with Crippen molar-refractivity contribution in [3.8, 4) is 45.2 Å². The topological polar surface area (TPSA) is 50.9 Å². The highest BCUT2D eigenvalue weighted by molar-refractivity contribution is 5.96. The fourth-order valence-corrected chi connectivity index (χ4v) is 5.43. The van der Waals surface area contributed by atoms with Gasteiger partial charge in [-0.25, -0.2) is 4.98 Å². The van der Waals surface area contributed by atoms with Gasteiger partial charge in [-0.1, -0.05) is 91.0 Å². The average molecular weight is 530 g/mol. The summed E-state index contributed by atoms with van der Waals surface area (Å²) in [5, 5.41) is 10.8. The monoisotopic (exact) mass is 529 g/mol. The van der Waals surface area contributed by atoms with Crippen LogP contribution in [0, 0.1) is 0 Å². The van der Waals surface area contributed by atoms with Gasteiger partial charge in [0, 0.05) is 23.0 Å². The zero-order valence-corrected chi connectivity index (χ0v) is 22.4. The molecule has 41 heavy (non-hydrogen) atoms. The molecule has 0 saturated heterocycles. The molecular formula is C37H27N3O. The first-order chi connectivity index (χ1) is 20.2. The zero-order valence-electron chi connectivity index (χ0n) is 22.4. The van der Waals surface area contributed by atoms with E-state index in [0.717, 1.165) is 45.5 Å². The summed E-state index contributed by atoms with van der Waals surface area (Å²) in [4.78, 5) is 9.86. The van der Waals surface area contributed by atoms with Crippen molar-refractivity contribution in [3.05, 3.63) is 157 Å². The van der Waals surface area contributed by atoms with E-state index >= 15 is 0 Å². The Morgan fingerprint density at radius 1 is 0.585 bits per heavy atom. The van der Waals surface area contributed by atoms with Crippen LogP contribution >= 0.6 is 0 Å². The van der Waals surface area contributed by atoms with Crippen molar-refractivity contribution in [2.75, 3.05) is 0 Å². The Balaban J connectivity index is 1.35. The van der Waals surface area contributed by atoms with Gasteiger partial charge in [-0.2, -0.15) is 0 Å². The van der Waals surface area contributed by atoms with Gasteiger partial charge in [-0.3, -0.25) is 9.55 Å². The predicted molar refractivity (Wildman–Crippen MR) is 166 cm³/mol. The van der Waals surface area contributed by atoms with Crippen LogP contribution in [-0.2, 0) is 6.42 Å². The largest absolute Gasteiger partial charge is 0.507 e. The van der Waals surface area contributed by atoms with Gasteiger partial charge in [0.25, 0.3) is 0 Å². The summed E-state index contributed by atoms with van der Waals surface area (Å²) in [5.41, 5.74) is 10.1. The Morgan fingerprint density at radius 2 is 1.29 bits per heavy atom. The summed E-state index contributed by atoms with van der Waals surface area (Å²) in [7, 11) is 0. The SMILES string of the molecule is Oc1ccccc1-c1nc2c(-c3cccc(-c4cc(Cc5ccccc5)ccn4)c3)cccc2n1-c1ccccc1. The normalized spacial score (nSPS) is 11.1. The van der Waals surface area contributed by atoms with E-state index in [2.05, 4.69) is 95.6 Å². The number of fused-ring (bicyclic) bond motifs is 1. The Morgan fingerprint density at radius 3 is 2.12 bits per heavy atom. The van der Waals surface area contributed by atoms with Crippen LogP contribution < -0.4 is 0 Å². The molecule has 0 aliphatic heterocycles. The minimum absolute atomic E-state index is 0.199. The van der Waals surface area contributed by atoms with Crippen LogP contribution in [-0.4, -0.2) is 19.6 Å². The van der Waals surface area contributed by atoms with E-state index in [-0.39, 0.29) is 5.75 Å². The second kappa shape index (κ2) is 10.6. The molecule has 0 radical (unpaired) electrons. The molecule has 4 nitrogen and oxygen atoms in total. The van der Waals surface area contributed by atoms with Gasteiger partial charge in [0.2, 0.25) is 0 Å². The van der Waals surface area contributed by atoms with E-state index in [0.29, 0.717) is 11.4 Å². The predicted octanol–water partition coefficient (Wildman–Crippen LogP) is 8.72. The summed E-state index contributed by atoms with van der Waals surface area (Å²) in [6.45, 7) is 0. The lowest BCUT2D eigenvalue weighted by atomic mass is 9.99. The van der Waals surface area contributed by atoms with Crippen molar-refractivity contribution in [3.63, 3.8) is 0 Å². The van der Waals surface area contributed by atoms with Gasteiger partial charge in [0.15, 0.2) is 0 Å². The number of hydrogen-bond donors (Lipinski definition) is 1. The molecule has 2 aromatic heterocycles. The molecule has 1 N–H and O–H groups in total. The van der Waals surface area contributed by atoms with Crippen LogP contribution in [0.15, 0.2) is 146 Å². The van der Waals surface area contributed by atoms with Gasteiger partial charge < -0.3 is 5.11 Å². The number of pyridine rings is 1. The Bertz CT molecular complexity index is 1980. The fraction of sp³-hybridized carbons (Fsp3) is 0.0270. The third-order valence-electron chi connectivity index (χ3n) is 7.39. The number of para-hydroxylation sites is 3. The molecule has 0 unspecified atom stereocenters. The lowest BCUT2D eigenvalue weighted by Crippen LogP contribution is -1.97. The number of benzene rings is 5. The molecule has 0 bridgehead atoms. The third-order valence-corrected chi connectivity index (χ3v) is 7.39. The van der Waals surface area contributed by atoms with Gasteiger partial charge in [-0.05, 0) is 71.6 Å². The van der Waals surface area contributed by atoms with Crippen molar-refractivity contribution in [1.29, 1.82) is 0 Å². The smallest absolute Gasteiger partial charge is 0.149 e. The molecular weight excluding hydrogens is 502 g/mol. The number of phenolic OH excluding ortho intramolecular Hbond substituents is 1. The van der Waals surface area contributed by atoms with E-state index < -0.39 is 0 Å². The van der Waals surface area contributed by atoms with Gasteiger partial charge in [0.1, 0.15) is 11.6 Å². The summed E-state index contributed by atoms with van der Waals surface area (Å²) >= 11 is 0. The maximum absolute atomic E-state index is 10.8. The number of rotatable bonds is 6. The fourth-order valence-electron chi connectivity index (χ4n) is 5.43. The summed E-state index contributed by atoms with van der Waals surface area (Å²) in [6.07, 6.45) is 2.75. The van der Waals surface area contributed by atoms with Crippen molar-refractivity contribution < 1.29 is 5.11 Å². The van der Waals surface area contributed by atoms with Gasteiger partial charge >= 0.3 is 0 Å². The number of imidazole rings is 1. The molecule has 7 aromatic rings. The second-order valence-electron chi connectivity index (χ2n) is 10.1. The molecule has 2 heterocycles. The number of phenols is 1. The molecule has 0 atom stereocenters. The maximum Gasteiger partial charge on any atom is 0.149 e. The van der Waals surface area contributed by atoms with E-state index in [1.807, 2.05) is 48.7 Å². The van der Waals surface area contributed by atoms with Crippen LogP contribution in [0.1, 0.15) is 11.1 Å². The van der Waals surface area contributed by atoms with E-state index in [1.165, 1.54) is 11.1 Å². The molecule has 5 aromatic carbocycles. The third kappa shape index (κ3) is 4.77. The standard InChI is InChI=1S/C37H27N3O/c41-35-20-8-7-17-32(35)37-39-36-31(18-10-19-34(36)40(37)30-15-5-2-6-16-30)28-13-9-14-29(25-28)33-24-27(21-22-38-33)23-26-11-3-1-4-12-26/h1-22,24-25,41H,23H2. The molecule has 196 valence electrons. The minimum atomic E-state index is 0.199. The van der Waals surface area contributed by atoms with Crippen LogP contribution in [0.25, 0.3) is 50.5 Å². The van der Waals surface area contributed by atoms with Crippen LogP contribution in [0.4, 0.5) is 0 Å². The van der Waals surface area contributed by atoms with Crippen LogP contribution in [0.3, 0.4) is 0 Å². The molecule has 0 aliphatic rings. The average Bonchev–Trinajstić information content (AvgIpc) is 3.42. The van der Waals surface area contributed by atoms with E-state index in [9.17, 15) is 5.11 Å². The number of aromatic hydroxyl groups is 1. The molecule has 0 aliphatic carbocycles. The highest BCUT2D eigenvalue weighted by Gasteiger charge is 2.19.